The van der Waals surface area contributed by atoms with Gasteiger partial charge >= 0.3 is 0 Å². The standard InChI is InChI=1S/C26H37NO4/c1-21-8-7-9-24(18-21)26(29)20-27(14-17-31-26)22(2)19-23-10-12-25(13-11-23)30-16-6-4-3-5-15-28/h7-13,18,22,28-29H,3-6,14-17,19-20H2,1-2H3. The van der Waals surface area contributed by atoms with Gasteiger partial charge in [0.2, 0.25) is 5.79 Å². The quantitative estimate of drug-likeness (QED) is 0.530. The van der Waals surface area contributed by atoms with Gasteiger partial charge in [0, 0.05) is 24.8 Å². The van der Waals surface area contributed by atoms with Crippen molar-refractivity contribution in [1.29, 1.82) is 0 Å². The average Bonchev–Trinajstić information content (AvgIpc) is 2.77. The molecule has 0 amide bonds. The van der Waals surface area contributed by atoms with Gasteiger partial charge in [-0.3, -0.25) is 4.90 Å². The van der Waals surface area contributed by atoms with E-state index >= 15 is 0 Å². The highest BCUT2D eigenvalue weighted by Crippen LogP contribution is 2.29. The van der Waals surface area contributed by atoms with E-state index in [1.165, 1.54) is 5.56 Å². The van der Waals surface area contributed by atoms with Crippen LogP contribution in [-0.2, 0) is 16.9 Å². The smallest absolute Gasteiger partial charge is 0.205 e. The molecule has 2 aromatic rings. The monoisotopic (exact) mass is 427 g/mol. The number of unbranched alkanes of at least 4 members (excludes halogenated alkanes) is 3. The molecule has 31 heavy (non-hydrogen) atoms. The minimum absolute atomic E-state index is 0.274. The van der Waals surface area contributed by atoms with Crippen LogP contribution in [0.15, 0.2) is 48.5 Å². The molecule has 0 radical (unpaired) electrons. The van der Waals surface area contributed by atoms with E-state index in [0.717, 1.165) is 55.5 Å². The lowest BCUT2D eigenvalue weighted by atomic mass is 9.99. The average molecular weight is 428 g/mol. The number of aliphatic hydroxyl groups excluding tert-OH is 1. The maximum absolute atomic E-state index is 11.1. The van der Waals surface area contributed by atoms with Gasteiger partial charge in [-0.15, -0.1) is 0 Å². The summed E-state index contributed by atoms with van der Waals surface area (Å²) in [6, 6.07) is 16.6. The number of aryl methyl sites for hydroxylation is 1. The van der Waals surface area contributed by atoms with Crippen molar-refractivity contribution in [3.8, 4) is 5.75 Å². The summed E-state index contributed by atoms with van der Waals surface area (Å²) in [5.74, 6) is -0.355. The van der Waals surface area contributed by atoms with E-state index in [1.54, 1.807) is 0 Å². The number of benzene rings is 2. The number of hydrogen-bond acceptors (Lipinski definition) is 5. The van der Waals surface area contributed by atoms with Gasteiger partial charge in [-0.2, -0.15) is 0 Å². The molecule has 2 aromatic carbocycles. The van der Waals surface area contributed by atoms with Gasteiger partial charge in [-0.25, -0.2) is 0 Å². The first kappa shape index (κ1) is 23.7. The number of nitrogens with zero attached hydrogens (tertiary/aromatic N) is 1. The number of morpholine rings is 1. The van der Waals surface area contributed by atoms with Crippen LogP contribution in [0.25, 0.3) is 0 Å². The Morgan fingerprint density at radius 1 is 1.10 bits per heavy atom. The van der Waals surface area contributed by atoms with Gasteiger partial charge in [0.15, 0.2) is 0 Å². The molecule has 5 nitrogen and oxygen atoms in total. The van der Waals surface area contributed by atoms with E-state index in [2.05, 4.69) is 24.0 Å². The van der Waals surface area contributed by atoms with Crippen molar-refractivity contribution >= 4 is 0 Å². The van der Waals surface area contributed by atoms with Crippen LogP contribution >= 0.6 is 0 Å². The molecule has 0 bridgehead atoms. The molecule has 2 atom stereocenters. The van der Waals surface area contributed by atoms with Gasteiger partial charge in [0.05, 0.1) is 19.8 Å². The van der Waals surface area contributed by atoms with E-state index in [4.69, 9.17) is 14.6 Å². The summed E-state index contributed by atoms with van der Waals surface area (Å²) in [5.41, 5.74) is 3.20. The Kier molecular flexibility index (Phi) is 8.90. The fourth-order valence-corrected chi connectivity index (χ4v) is 4.12. The molecule has 5 heteroatoms. The number of hydrogen-bond donors (Lipinski definition) is 2. The third kappa shape index (κ3) is 7.04. The Bertz CT molecular complexity index is 794. The maximum Gasteiger partial charge on any atom is 0.205 e. The van der Waals surface area contributed by atoms with Crippen molar-refractivity contribution in [1.82, 2.24) is 4.90 Å². The van der Waals surface area contributed by atoms with Gasteiger partial charge in [-0.1, -0.05) is 48.4 Å². The Hall–Kier alpha value is -1.92. The summed E-state index contributed by atoms with van der Waals surface area (Å²) in [6.07, 6.45) is 4.94. The molecule has 0 aliphatic carbocycles. The van der Waals surface area contributed by atoms with Crippen LogP contribution in [-0.4, -0.2) is 54.1 Å². The Morgan fingerprint density at radius 3 is 2.61 bits per heavy atom. The number of rotatable bonds is 11. The lowest BCUT2D eigenvalue weighted by Gasteiger charge is -2.42. The molecule has 1 fully saturated rings. The zero-order valence-corrected chi connectivity index (χ0v) is 18.9. The summed E-state index contributed by atoms with van der Waals surface area (Å²) >= 11 is 0. The topological polar surface area (TPSA) is 62.2 Å². The van der Waals surface area contributed by atoms with E-state index in [1.807, 2.05) is 43.3 Å². The van der Waals surface area contributed by atoms with Crippen LogP contribution in [0.3, 0.4) is 0 Å². The molecular formula is C26H37NO4. The molecule has 1 saturated heterocycles. The summed E-state index contributed by atoms with van der Waals surface area (Å²) in [7, 11) is 0. The first-order chi connectivity index (χ1) is 15.0. The van der Waals surface area contributed by atoms with Crippen molar-refractivity contribution in [2.75, 3.05) is 32.9 Å². The van der Waals surface area contributed by atoms with Crippen LogP contribution < -0.4 is 4.74 Å². The minimum atomic E-state index is -1.26. The predicted molar refractivity (Wildman–Crippen MR) is 123 cm³/mol. The molecular weight excluding hydrogens is 390 g/mol. The van der Waals surface area contributed by atoms with Crippen LogP contribution in [0.2, 0.25) is 0 Å². The first-order valence-electron chi connectivity index (χ1n) is 11.5. The summed E-state index contributed by atoms with van der Waals surface area (Å²) in [6.45, 7) is 7.02. The minimum Gasteiger partial charge on any atom is -0.494 e. The molecule has 1 heterocycles. The van der Waals surface area contributed by atoms with Gasteiger partial charge in [0.25, 0.3) is 0 Å². The number of aliphatic hydroxyl groups is 2. The maximum atomic E-state index is 11.1. The number of ether oxygens (including phenoxy) is 2. The highest BCUT2D eigenvalue weighted by Gasteiger charge is 2.37. The van der Waals surface area contributed by atoms with Gasteiger partial charge < -0.3 is 19.7 Å². The normalized spacial score (nSPS) is 20.5. The molecule has 2 N–H and O–H groups in total. The molecule has 170 valence electrons. The fraction of sp³-hybridized carbons (Fsp3) is 0.538. The lowest BCUT2D eigenvalue weighted by molar-refractivity contribution is -0.251. The lowest BCUT2D eigenvalue weighted by Crippen LogP contribution is -2.53. The van der Waals surface area contributed by atoms with Crippen molar-refractivity contribution < 1.29 is 19.7 Å². The van der Waals surface area contributed by atoms with Crippen molar-refractivity contribution in [3.05, 3.63) is 65.2 Å². The molecule has 0 saturated carbocycles. The van der Waals surface area contributed by atoms with Crippen LogP contribution in [0.5, 0.6) is 5.75 Å². The second kappa shape index (κ2) is 11.6. The summed E-state index contributed by atoms with van der Waals surface area (Å²) in [5, 5.41) is 20.0. The molecule has 0 aromatic heterocycles. The van der Waals surface area contributed by atoms with E-state index < -0.39 is 5.79 Å². The predicted octanol–water partition coefficient (Wildman–Crippen LogP) is 4.04. The van der Waals surface area contributed by atoms with Crippen LogP contribution in [0.4, 0.5) is 0 Å². The van der Waals surface area contributed by atoms with Crippen molar-refractivity contribution in [2.24, 2.45) is 0 Å². The van der Waals surface area contributed by atoms with Crippen LogP contribution in [0.1, 0.15) is 49.3 Å². The van der Waals surface area contributed by atoms with Crippen LogP contribution in [0, 0.1) is 6.92 Å². The van der Waals surface area contributed by atoms with Gasteiger partial charge in [-0.05, 0) is 57.2 Å². The van der Waals surface area contributed by atoms with Crippen molar-refractivity contribution in [3.63, 3.8) is 0 Å². The largest absolute Gasteiger partial charge is 0.494 e. The Morgan fingerprint density at radius 2 is 1.87 bits per heavy atom. The molecule has 2 unspecified atom stereocenters. The fourth-order valence-electron chi connectivity index (χ4n) is 4.12. The second-order valence-corrected chi connectivity index (χ2v) is 8.66. The van der Waals surface area contributed by atoms with Crippen molar-refractivity contribution in [2.45, 2.75) is 57.8 Å². The third-order valence-electron chi connectivity index (χ3n) is 6.00. The molecule has 1 aliphatic heterocycles. The Balaban J connectivity index is 1.49. The zero-order valence-electron chi connectivity index (χ0n) is 18.9. The summed E-state index contributed by atoms with van der Waals surface area (Å²) < 4.78 is 11.6. The SMILES string of the molecule is Cc1cccc(C2(O)CN(C(C)Cc3ccc(OCCCCCCO)cc3)CCO2)c1. The highest BCUT2D eigenvalue weighted by molar-refractivity contribution is 5.28. The van der Waals surface area contributed by atoms with E-state index in [9.17, 15) is 5.11 Å². The molecule has 1 aliphatic rings. The highest BCUT2D eigenvalue weighted by atomic mass is 16.6. The third-order valence-corrected chi connectivity index (χ3v) is 6.00. The Labute approximate surface area is 186 Å². The van der Waals surface area contributed by atoms with E-state index in [0.29, 0.717) is 25.8 Å². The summed E-state index contributed by atoms with van der Waals surface area (Å²) in [4.78, 5) is 2.31. The zero-order chi connectivity index (χ0) is 22.1. The first-order valence-corrected chi connectivity index (χ1v) is 11.5. The number of β-amino-alcohol motifs (C(OH)–C–C–N with tert-alkyl or cyclic N) is 1. The molecule has 0 spiro atoms. The van der Waals surface area contributed by atoms with E-state index in [-0.39, 0.29) is 6.61 Å². The molecule has 3 rings (SSSR count). The second-order valence-electron chi connectivity index (χ2n) is 8.66. The van der Waals surface area contributed by atoms with Gasteiger partial charge in [0.1, 0.15) is 5.75 Å².